The SMILES string of the molecule is [B][C@H]1COCC(=C)[C@@H]1c1ccccc1. The largest absolute Gasteiger partial charge is 0.378 e. The lowest BCUT2D eigenvalue weighted by Crippen LogP contribution is -2.23. The first-order valence-electron chi connectivity index (χ1n) is 4.85. The maximum atomic E-state index is 6.02. The lowest BCUT2D eigenvalue weighted by Gasteiger charge is -2.31. The quantitative estimate of drug-likeness (QED) is 0.480. The van der Waals surface area contributed by atoms with Crippen molar-refractivity contribution < 1.29 is 4.74 Å². The highest BCUT2D eigenvalue weighted by atomic mass is 16.5. The molecule has 0 saturated carbocycles. The van der Waals surface area contributed by atoms with E-state index in [2.05, 4.69) is 18.7 Å². The molecule has 0 spiro atoms. The fourth-order valence-electron chi connectivity index (χ4n) is 1.96. The number of rotatable bonds is 1. The van der Waals surface area contributed by atoms with Gasteiger partial charge in [0.15, 0.2) is 0 Å². The van der Waals surface area contributed by atoms with Gasteiger partial charge in [0.1, 0.15) is 0 Å². The summed E-state index contributed by atoms with van der Waals surface area (Å²) in [6.45, 7) is 5.27. The van der Waals surface area contributed by atoms with Crippen LogP contribution in [0.5, 0.6) is 0 Å². The second-order valence-corrected chi connectivity index (χ2v) is 3.73. The van der Waals surface area contributed by atoms with Crippen molar-refractivity contribution in [3.63, 3.8) is 0 Å². The van der Waals surface area contributed by atoms with Gasteiger partial charge in [-0.1, -0.05) is 36.9 Å². The molecule has 1 fully saturated rings. The molecule has 14 heavy (non-hydrogen) atoms. The Morgan fingerprint density at radius 2 is 2.00 bits per heavy atom. The van der Waals surface area contributed by atoms with Crippen LogP contribution in [0.4, 0.5) is 0 Å². The lowest BCUT2D eigenvalue weighted by atomic mass is 9.70. The molecule has 2 rings (SSSR count). The normalized spacial score (nSPS) is 27.6. The van der Waals surface area contributed by atoms with Gasteiger partial charge in [-0.25, -0.2) is 0 Å². The summed E-state index contributed by atoms with van der Waals surface area (Å²) < 4.78 is 5.32. The molecule has 0 aliphatic carbocycles. The van der Waals surface area contributed by atoms with Gasteiger partial charge in [0, 0.05) is 12.5 Å². The van der Waals surface area contributed by atoms with Crippen molar-refractivity contribution >= 4 is 7.85 Å². The third-order valence-electron chi connectivity index (χ3n) is 2.62. The molecule has 1 heterocycles. The van der Waals surface area contributed by atoms with Crippen LogP contribution < -0.4 is 0 Å². The van der Waals surface area contributed by atoms with Crippen molar-refractivity contribution in [3.05, 3.63) is 48.0 Å². The molecular weight excluding hydrogens is 171 g/mol. The number of ether oxygens (including phenoxy) is 1. The average Bonchev–Trinajstić information content (AvgIpc) is 2.19. The Morgan fingerprint density at radius 1 is 1.29 bits per heavy atom. The summed E-state index contributed by atoms with van der Waals surface area (Å²) in [6.07, 6.45) is 0. The van der Waals surface area contributed by atoms with E-state index in [0.29, 0.717) is 13.2 Å². The van der Waals surface area contributed by atoms with Crippen LogP contribution in [-0.2, 0) is 4.74 Å². The van der Waals surface area contributed by atoms with Gasteiger partial charge in [-0.3, -0.25) is 0 Å². The van der Waals surface area contributed by atoms with Gasteiger partial charge in [-0.05, 0) is 17.0 Å². The molecule has 2 heteroatoms. The first kappa shape index (κ1) is 9.54. The summed E-state index contributed by atoms with van der Waals surface area (Å²) in [6, 6.07) is 10.3. The summed E-state index contributed by atoms with van der Waals surface area (Å²) in [4.78, 5) is 0. The molecule has 0 amide bonds. The molecule has 1 nitrogen and oxygen atoms in total. The number of benzene rings is 1. The minimum atomic E-state index is 0.0404. The molecular formula is C12H13BO. The van der Waals surface area contributed by atoms with E-state index in [-0.39, 0.29) is 11.7 Å². The second kappa shape index (κ2) is 4.01. The molecule has 0 bridgehead atoms. The molecule has 2 radical (unpaired) electrons. The number of hydrogen-bond donors (Lipinski definition) is 0. The Balaban J connectivity index is 2.27. The zero-order valence-corrected chi connectivity index (χ0v) is 8.15. The molecule has 1 aromatic carbocycles. The Hall–Kier alpha value is -1.02. The van der Waals surface area contributed by atoms with Crippen LogP contribution in [0.25, 0.3) is 0 Å². The van der Waals surface area contributed by atoms with Gasteiger partial charge < -0.3 is 4.74 Å². The summed E-state index contributed by atoms with van der Waals surface area (Å²) in [5, 5.41) is 0. The number of hydrogen-bond acceptors (Lipinski definition) is 1. The molecule has 1 saturated heterocycles. The van der Waals surface area contributed by atoms with E-state index in [4.69, 9.17) is 12.6 Å². The first-order valence-corrected chi connectivity index (χ1v) is 4.85. The van der Waals surface area contributed by atoms with E-state index in [1.807, 2.05) is 18.2 Å². The minimum absolute atomic E-state index is 0.0404. The summed E-state index contributed by atoms with van der Waals surface area (Å²) >= 11 is 0. The first-order chi connectivity index (χ1) is 6.79. The monoisotopic (exact) mass is 184 g/mol. The van der Waals surface area contributed by atoms with Crippen LogP contribution in [0.2, 0.25) is 5.82 Å². The summed E-state index contributed by atoms with van der Waals surface area (Å²) in [5.41, 5.74) is 2.32. The zero-order valence-electron chi connectivity index (χ0n) is 8.15. The predicted octanol–water partition coefficient (Wildman–Crippen LogP) is 2.31. The van der Waals surface area contributed by atoms with Gasteiger partial charge >= 0.3 is 0 Å². The van der Waals surface area contributed by atoms with Crippen molar-refractivity contribution in [2.45, 2.75) is 11.7 Å². The van der Waals surface area contributed by atoms with E-state index in [1.165, 1.54) is 5.56 Å². The molecule has 0 unspecified atom stereocenters. The van der Waals surface area contributed by atoms with Crippen molar-refractivity contribution in [1.29, 1.82) is 0 Å². The molecule has 1 aliphatic rings. The third-order valence-corrected chi connectivity index (χ3v) is 2.62. The van der Waals surface area contributed by atoms with Gasteiger partial charge in [0.25, 0.3) is 0 Å². The standard InChI is InChI=1S/C12H13BO/c1-9-7-14-8-11(13)12(9)10-5-3-2-4-6-10/h2-6,11-12H,1,7-8H2/t11-,12+/m0/s1. The highest BCUT2D eigenvalue weighted by molar-refractivity contribution is 6.12. The van der Waals surface area contributed by atoms with E-state index >= 15 is 0 Å². The summed E-state index contributed by atoms with van der Waals surface area (Å²) in [7, 11) is 6.02. The Labute approximate surface area is 86.2 Å². The third kappa shape index (κ3) is 1.75. The maximum absolute atomic E-state index is 6.02. The topological polar surface area (TPSA) is 9.23 Å². The van der Waals surface area contributed by atoms with E-state index in [9.17, 15) is 0 Å². The Morgan fingerprint density at radius 3 is 2.64 bits per heavy atom. The van der Waals surface area contributed by atoms with Crippen molar-refractivity contribution in [1.82, 2.24) is 0 Å². The highest BCUT2D eigenvalue weighted by Gasteiger charge is 2.25. The van der Waals surface area contributed by atoms with Crippen LogP contribution in [0.3, 0.4) is 0 Å². The molecule has 2 atom stereocenters. The summed E-state index contributed by atoms with van der Waals surface area (Å²) in [5.74, 6) is 0.295. The predicted molar refractivity (Wildman–Crippen MR) is 58.6 cm³/mol. The molecule has 70 valence electrons. The average molecular weight is 184 g/mol. The Kier molecular flexibility index (Phi) is 2.73. The van der Waals surface area contributed by atoms with Crippen LogP contribution in [0.15, 0.2) is 42.5 Å². The molecule has 0 aromatic heterocycles. The fraction of sp³-hybridized carbons (Fsp3) is 0.333. The van der Waals surface area contributed by atoms with Crippen LogP contribution in [0, 0.1) is 0 Å². The van der Waals surface area contributed by atoms with Crippen LogP contribution >= 0.6 is 0 Å². The molecule has 1 aromatic rings. The molecule has 1 aliphatic heterocycles. The minimum Gasteiger partial charge on any atom is -0.378 e. The van der Waals surface area contributed by atoms with Gasteiger partial charge in [-0.2, -0.15) is 0 Å². The lowest BCUT2D eigenvalue weighted by molar-refractivity contribution is 0.122. The zero-order chi connectivity index (χ0) is 9.97. The van der Waals surface area contributed by atoms with E-state index in [1.54, 1.807) is 0 Å². The van der Waals surface area contributed by atoms with Gasteiger partial charge in [0.05, 0.1) is 14.5 Å². The smallest absolute Gasteiger partial charge is 0.0743 e. The van der Waals surface area contributed by atoms with Gasteiger partial charge in [0.2, 0.25) is 0 Å². The Bertz CT molecular complexity index is 320. The van der Waals surface area contributed by atoms with E-state index < -0.39 is 0 Å². The van der Waals surface area contributed by atoms with Crippen LogP contribution in [-0.4, -0.2) is 21.1 Å². The fourth-order valence-corrected chi connectivity index (χ4v) is 1.96. The van der Waals surface area contributed by atoms with Crippen molar-refractivity contribution in [3.8, 4) is 0 Å². The second-order valence-electron chi connectivity index (χ2n) is 3.73. The maximum Gasteiger partial charge on any atom is 0.0743 e. The van der Waals surface area contributed by atoms with Gasteiger partial charge in [-0.15, -0.1) is 0 Å². The molecule has 0 N–H and O–H groups in total. The van der Waals surface area contributed by atoms with E-state index in [0.717, 1.165) is 5.57 Å². The van der Waals surface area contributed by atoms with Crippen molar-refractivity contribution in [2.24, 2.45) is 0 Å². The van der Waals surface area contributed by atoms with Crippen LogP contribution in [0.1, 0.15) is 11.5 Å². The van der Waals surface area contributed by atoms with Crippen molar-refractivity contribution in [2.75, 3.05) is 13.2 Å². The highest BCUT2D eigenvalue weighted by Crippen LogP contribution is 2.36.